The number of imidazole rings is 1. The van der Waals surface area contributed by atoms with Gasteiger partial charge < -0.3 is 0 Å². The van der Waals surface area contributed by atoms with Crippen LogP contribution in [-0.2, 0) is 0 Å². The summed E-state index contributed by atoms with van der Waals surface area (Å²) in [4.78, 5) is 4.25. The monoisotopic (exact) mass is 288 g/mol. The first-order chi connectivity index (χ1) is 9.70. The Morgan fingerprint density at radius 1 is 1.30 bits per heavy atom. The maximum atomic E-state index is 4.25. The lowest BCUT2D eigenvalue weighted by Gasteiger charge is -2.30. The van der Waals surface area contributed by atoms with E-state index in [1.165, 1.54) is 37.7 Å². The van der Waals surface area contributed by atoms with Crippen LogP contribution < -0.4 is 0 Å². The molecular weight excluding hydrogens is 264 g/mol. The van der Waals surface area contributed by atoms with Crippen LogP contribution in [0.15, 0.2) is 52.2 Å². The number of allylic oxidation sites excluding steroid dienone is 3. The first kappa shape index (κ1) is 13.7. The molecule has 1 atom stereocenters. The van der Waals surface area contributed by atoms with Crippen LogP contribution in [-0.4, -0.2) is 8.96 Å². The Kier molecular flexibility index (Phi) is 3.88. The third kappa shape index (κ3) is 2.64. The summed E-state index contributed by atoms with van der Waals surface area (Å²) in [5.41, 5.74) is 2.94. The minimum absolute atomic E-state index is 0.781. The Hall–Kier alpha value is -1.22. The average Bonchev–Trinajstić information content (AvgIpc) is 3.08. The van der Waals surface area contributed by atoms with Gasteiger partial charge in [-0.2, -0.15) is 0 Å². The maximum Gasteiger partial charge on any atom is 0.104 e. The van der Waals surface area contributed by atoms with Gasteiger partial charge in [-0.15, -0.1) is 0 Å². The molecule has 0 aromatic carbocycles. The summed E-state index contributed by atoms with van der Waals surface area (Å²) in [5.74, 6) is 0.781. The third-order valence-electron chi connectivity index (χ3n) is 4.15. The molecule has 0 radical (unpaired) electrons. The fourth-order valence-corrected chi connectivity index (χ4v) is 6.16. The zero-order valence-corrected chi connectivity index (χ0v) is 13.3. The van der Waals surface area contributed by atoms with Gasteiger partial charge in [0, 0.05) is 12.4 Å². The third-order valence-corrected chi connectivity index (χ3v) is 7.17. The van der Waals surface area contributed by atoms with Gasteiger partial charge in [0.05, 0.1) is 0 Å². The topological polar surface area (TPSA) is 17.8 Å². The van der Waals surface area contributed by atoms with Crippen molar-refractivity contribution in [3.63, 3.8) is 0 Å². The Balaban J connectivity index is 1.95. The fourth-order valence-electron chi connectivity index (χ4n) is 3.23. The lowest BCUT2D eigenvalue weighted by atomic mass is 9.84. The second kappa shape index (κ2) is 5.65. The van der Waals surface area contributed by atoms with Gasteiger partial charge in [-0.25, -0.2) is 4.98 Å². The van der Waals surface area contributed by atoms with E-state index in [1.807, 2.05) is 12.5 Å². The maximum absolute atomic E-state index is 4.25. The van der Waals surface area contributed by atoms with Gasteiger partial charge in [-0.3, -0.25) is 3.97 Å². The van der Waals surface area contributed by atoms with E-state index in [2.05, 4.69) is 51.3 Å². The van der Waals surface area contributed by atoms with Crippen molar-refractivity contribution in [1.29, 1.82) is 0 Å². The number of nitrogens with zero attached hydrogens (tertiary/aromatic N) is 2. The van der Waals surface area contributed by atoms with Crippen LogP contribution >= 0.6 is 10.2 Å². The minimum atomic E-state index is -1.14. The molecule has 0 amide bonds. The van der Waals surface area contributed by atoms with Gasteiger partial charge in [0.2, 0.25) is 0 Å². The summed E-state index contributed by atoms with van der Waals surface area (Å²) in [6.45, 7) is 4.37. The van der Waals surface area contributed by atoms with Crippen molar-refractivity contribution < 1.29 is 0 Å². The van der Waals surface area contributed by atoms with Crippen molar-refractivity contribution in [2.24, 2.45) is 5.92 Å². The molecule has 1 aromatic rings. The van der Waals surface area contributed by atoms with Gasteiger partial charge in [0.25, 0.3) is 0 Å². The molecule has 0 saturated heterocycles. The first-order valence-electron chi connectivity index (χ1n) is 7.56. The minimum Gasteiger partial charge on any atom is -0.288 e. The van der Waals surface area contributed by atoms with E-state index < -0.39 is 10.2 Å². The molecular formula is C17H24N2S. The summed E-state index contributed by atoms with van der Waals surface area (Å²) < 4.78 is 2.28. The summed E-state index contributed by atoms with van der Waals surface area (Å²) in [6, 6.07) is 0. The van der Waals surface area contributed by atoms with Gasteiger partial charge in [-0.1, -0.05) is 41.1 Å². The van der Waals surface area contributed by atoms with Crippen LogP contribution in [0.3, 0.4) is 0 Å². The molecule has 3 heteroatoms. The average molecular weight is 288 g/mol. The van der Waals surface area contributed by atoms with E-state index >= 15 is 0 Å². The molecule has 2 nitrogen and oxygen atoms in total. The molecule has 1 saturated carbocycles. The van der Waals surface area contributed by atoms with Crippen molar-refractivity contribution in [1.82, 2.24) is 8.96 Å². The van der Waals surface area contributed by atoms with E-state index in [0.29, 0.717) is 0 Å². The predicted molar refractivity (Wildman–Crippen MR) is 88.4 cm³/mol. The van der Waals surface area contributed by atoms with Crippen LogP contribution in [0.25, 0.3) is 0 Å². The van der Waals surface area contributed by atoms with Crippen LogP contribution in [0, 0.1) is 5.92 Å². The summed E-state index contributed by atoms with van der Waals surface area (Å²) in [7, 11) is -1.14. The number of aromatic nitrogens is 2. The molecule has 0 spiro atoms. The smallest absolute Gasteiger partial charge is 0.104 e. The van der Waals surface area contributed by atoms with Gasteiger partial charge in [-0.05, 0) is 54.4 Å². The van der Waals surface area contributed by atoms with E-state index in [4.69, 9.17) is 0 Å². The van der Waals surface area contributed by atoms with Crippen molar-refractivity contribution in [2.45, 2.75) is 46.0 Å². The lowest BCUT2D eigenvalue weighted by molar-refractivity contribution is 0.409. The molecule has 2 aliphatic rings. The highest BCUT2D eigenvalue weighted by Crippen LogP contribution is 2.59. The molecule has 1 aromatic heterocycles. The van der Waals surface area contributed by atoms with E-state index in [9.17, 15) is 0 Å². The highest BCUT2D eigenvalue weighted by atomic mass is 32.3. The Labute approximate surface area is 123 Å². The van der Waals surface area contributed by atoms with Crippen LogP contribution in [0.4, 0.5) is 0 Å². The molecule has 0 N–H and O–H groups in total. The van der Waals surface area contributed by atoms with Crippen molar-refractivity contribution in [3.05, 3.63) is 52.2 Å². The molecule has 3 rings (SSSR count). The van der Waals surface area contributed by atoms with Crippen molar-refractivity contribution >= 4 is 10.2 Å². The number of hydrogen-bond donors (Lipinski definition) is 0. The highest BCUT2D eigenvalue weighted by molar-refractivity contribution is 8.39. The first-order valence-corrected chi connectivity index (χ1v) is 9.34. The lowest BCUT2D eigenvalue weighted by Crippen LogP contribution is -2.07. The molecule has 108 valence electrons. The second-order valence-electron chi connectivity index (χ2n) is 6.10. The van der Waals surface area contributed by atoms with Crippen LogP contribution in [0.1, 0.15) is 46.0 Å². The van der Waals surface area contributed by atoms with E-state index in [1.54, 1.807) is 5.57 Å². The molecule has 0 bridgehead atoms. The Morgan fingerprint density at radius 3 is 2.75 bits per heavy atom. The molecule has 1 aliphatic carbocycles. The van der Waals surface area contributed by atoms with E-state index in [0.717, 1.165) is 5.92 Å². The summed E-state index contributed by atoms with van der Waals surface area (Å²) >= 11 is 0. The van der Waals surface area contributed by atoms with Gasteiger partial charge in [0.15, 0.2) is 0 Å². The summed E-state index contributed by atoms with van der Waals surface area (Å²) in [6.07, 6.45) is 15.3. The number of rotatable bonds is 3. The molecule has 20 heavy (non-hydrogen) atoms. The largest absolute Gasteiger partial charge is 0.288 e. The van der Waals surface area contributed by atoms with Crippen molar-refractivity contribution in [3.8, 4) is 0 Å². The molecule has 1 fully saturated rings. The predicted octanol–water partition coefficient (Wildman–Crippen LogP) is 5.37. The molecule has 2 heterocycles. The zero-order valence-electron chi connectivity index (χ0n) is 12.5. The number of hydrogen-bond acceptors (Lipinski definition) is 1. The molecule has 1 aliphatic heterocycles. The van der Waals surface area contributed by atoms with Gasteiger partial charge in [0.1, 0.15) is 6.33 Å². The highest BCUT2D eigenvalue weighted by Gasteiger charge is 2.26. The standard InChI is InChI=1S/C17H24N2S/c1-15(2)12-20(19-10-9-18-14-19)11-8-17(13-20)16-6-4-3-5-7-16/h8-14,16H,3-7H2,1-2H3. The SMILES string of the molecule is CC(C)=CS1(n2ccnc2)C=CC(C2CCCCC2)=C1. The van der Waals surface area contributed by atoms with Crippen molar-refractivity contribution in [2.75, 3.05) is 0 Å². The van der Waals surface area contributed by atoms with Crippen LogP contribution in [0.2, 0.25) is 0 Å². The summed E-state index contributed by atoms with van der Waals surface area (Å²) in [5, 5.41) is 7.35. The van der Waals surface area contributed by atoms with E-state index in [-0.39, 0.29) is 0 Å². The second-order valence-corrected chi connectivity index (χ2v) is 8.71. The Morgan fingerprint density at radius 2 is 2.10 bits per heavy atom. The quantitative estimate of drug-likeness (QED) is 0.731. The fraction of sp³-hybridized carbons (Fsp3) is 0.471. The van der Waals surface area contributed by atoms with Gasteiger partial charge >= 0.3 is 0 Å². The zero-order chi connectivity index (χ0) is 14.0. The normalized spacial score (nSPS) is 29.8. The molecule has 1 unspecified atom stereocenters. The Bertz CT molecular complexity index is 544. The van der Waals surface area contributed by atoms with Crippen LogP contribution in [0.5, 0.6) is 0 Å².